The highest BCUT2D eigenvalue weighted by molar-refractivity contribution is 5.88. The second-order valence-electron chi connectivity index (χ2n) is 2.96. The van der Waals surface area contributed by atoms with Crippen LogP contribution >= 0.6 is 0 Å². The average Bonchev–Trinajstić information content (AvgIpc) is 2.80. The van der Waals surface area contributed by atoms with Crippen LogP contribution in [-0.4, -0.2) is 12.6 Å². The minimum atomic E-state index is -0.310. The quantitative estimate of drug-likeness (QED) is 0.524. The zero-order chi connectivity index (χ0) is 9.10. The van der Waals surface area contributed by atoms with E-state index in [1.807, 2.05) is 0 Å². The predicted octanol–water partition coefficient (Wildman–Crippen LogP) is 2.16. The molecule has 1 aromatic heterocycles. The van der Waals surface area contributed by atoms with Crippen LogP contribution in [0.4, 0.5) is 0 Å². The van der Waals surface area contributed by atoms with Crippen LogP contribution in [0.1, 0.15) is 23.2 Å². The number of carbonyl (C=O) groups excluding carboxylic acids is 1. The van der Waals surface area contributed by atoms with Gasteiger partial charge in [0.15, 0.2) is 0 Å². The molecule has 1 aromatic rings. The number of rotatable bonds is 4. The third-order valence-electron chi connectivity index (χ3n) is 1.91. The van der Waals surface area contributed by atoms with Gasteiger partial charge in [-0.1, -0.05) is 11.6 Å². The Balaban J connectivity index is 1.75. The lowest BCUT2D eigenvalue weighted by Gasteiger charge is -1.99. The Morgan fingerprint density at radius 1 is 1.62 bits per heavy atom. The van der Waals surface area contributed by atoms with E-state index in [0.717, 1.165) is 12.8 Å². The first kappa shape index (κ1) is 8.10. The molecule has 0 unspecified atom stereocenters. The third kappa shape index (κ3) is 2.21. The zero-order valence-electron chi connectivity index (χ0n) is 7.16. The molecule has 0 spiro atoms. The summed E-state index contributed by atoms with van der Waals surface area (Å²) in [7, 11) is 0. The van der Waals surface area contributed by atoms with Gasteiger partial charge >= 0.3 is 5.97 Å². The van der Waals surface area contributed by atoms with E-state index in [4.69, 9.17) is 9.15 Å². The highest BCUT2D eigenvalue weighted by Crippen LogP contribution is 2.21. The summed E-state index contributed by atoms with van der Waals surface area (Å²) >= 11 is 0. The summed E-state index contributed by atoms with van der Waals surface area (Å²) in [6.07, 6.45) is 6.93. The van der Waals surface area contributed by atoms with Gasteiger partial charge in [-0.05, 0) is 12.5 Å². The highest BCUT2D eigenvalue weighted by Gasteiger charge is 2.10. The molecule has 3 heteroatoms. The number of carbonyl (C=O) groups is 1. The largest absolute Gasteiger partial charge is 0.472 e. The summed E-state index contributed by atoms with van der Waals surface area (Å²) in [5.41, 5.74) is 1.85. The van der Waals surface area contributed by atoms with E-state index in [-0.39, 0.29) is 5.97 Å². The monoisotopic (exact) mass is 178 g/mol. The van der Waals surface area contributed by atoms with Crippen molar-refractivity contribution in [1.29, 1.82) is 0 Å². The van der Waals surface area contributed by atoms with Crippen molar-refractivity contribution in [2.75, 3.05) is 6.61 Å². The summed E-state index contributed by atoms with van der Waals surface area (Å²) in [5.74, 6) is -0.310. The van der Waals surface area contributed by atoms with E-state index in [1.165, 1.54) is 18.1 Å². The Labute approximate surface area is 76.0 Å². The van der Waals surface area contributed by atoms with Crippen molar-refractivity contribution in [2.24, 2.45) is 0 Å². The number of hydrogen-bond donors (Lipinski definition) is 0. The molecule has 2 rings (SSSR count). The van der Waals surface area contributed by atoms with Crippen LogP contribution in [0, 0.1) is 0 Å². The molecule has 1 aliphatic rings. The maximum Gasteiger partial charge on any atom is 0.341 e. The van der Waals surface area contributed by atoms with Crippen molar-refractivity contribution in [2.45, 2.75) is 12.8 Å². The Bertz CT molecular complexity index is 322. The number of allylic oxidation sites excluding steroid dienone is 1. The molecule has 0 fully saturated rings. The summed E-state index contributed by atoms with van der Waals surface area (Å²) in [5, 5.41) is 0. The van der Waals surface area contributed by atoms with Crippen LogP contribution in [0.25, 0.3) is 0 Å². The fraction of sp³-hybridized carbons (Fsp3) is 0.300. The van der Waals surface area contributed by atoms with Crippen LogP contribution < -0.4 is 0 Å². The van der Waals surface area contributed by atoms with Gasteiger partial charge in [-0.2, -0.15) is 0 Å². The Morgan fingerprint density at radius 3 is 3.08 bits per heavy atom. The summed E-state index contributed by atoms with van der Waals surface area (Å²) in [4.78, 5) is 11.2. The van der Waals surface area contributed by atoms with Crippen LogP contribution in [0.2, 0.25) is 0 Å². The zero-order valence-corrected chi connectivity index (χ0v) is 7.16. The molecule has 13 heavy (non-hydrogen) atoms. The summed E-state index contributed by atoms with van der Waals surface area (Å²) < 4.78 is 9.76. The van der Waals surface area contributed by atoms with E-state index in [9.17, 15) is 4.79 Å². The van der Waals surface area contributed by atoms with E-state index >= 15 is 0 Å². The number of ether oxygens (including phenoxy) is 1. The molecule has 0 saturated heterocycles. The molecule has 68 valence electrons. The minimum Gasteiger partial charge on any atom is -0.472 e. The van der Waals surface area contributed by atoms with Crippen LogP contribution in [0.5, 0.6) is 0 Å². The van der Waals surface area contributed by atoms with E-state index < -0.39 is 0 Å². The molecular formula is C10H10O3. The highest BCUT2D eigenvalue weighted by atomic mass is 16.5. The molecule has 1 heterocycles. The van der Waals surface area contributed by atoms with Gasteiger partial charge in [0, 0.05) is 6.42 Å². The lowest BCUT2D eigenvalue weighted by atomic mass is 10.3. The van der Waals surface area contributed by atoms with Crippen molar-refractivity contribution in [3.05, 3.63) is 35.8 Å². The smallest absolute Gasteiger partial charge is 0.341 e. The van der Waals surface area contributed by atoms with Gasteiger partial charge in [0.05, 0.1) is 18.4 Å². The molecule has 0 amide bonds. The lowest BCUT2D eigenvalue weighted by Crippen LogP contribution is -2.04. The summed E-state index contributed by atoms with van der Waals surface area (Å²) in [6.45, 7) is 0.468. The number of hydrogen-bond acceptors (Lipinski definition) is 3. The van der Waals surface area contributed by atoms with Gasteiger partial charge in [0.2, 0.25) is 0 Å². The number of esters is 1. The predicted molar refractivity (Wildman–Crippen MR) is 46.3 cm³/mol. The Hall–Kier alpha value is -1.51. The normalized spacial score (nSPS) is 13.7. The van der Waals surface area contributed by atoms with Crippen molar-refractivity contribution in [3.63, 3.8) is 0 Å². The molecule has 3 nitrogen and oxygen atoms in total. The van der Waals surface area contributed by atoms with E-state index in [2.05, 4.69) is 6.08 Å². The molecule has 1 aliphatic carbocycles. The lowest BCUT2D eigenvalue weighted by molar-refractivity contribution is 0.0509. The Kier molecular flexibility index (Phi) is 2.17. The molecule has 0 bridgehead atoms. The molecule has 0 aromatic carbocycles. The maximum atomic E-state index is 11.2. The molecule has 0 atom stereocenters. The van der Waals surface area contributed by atoms with Gasteiger partial charge < -0.3 is 9.15 Å². The van der Waals surface area contributed by atoms with E-state index in [1.54, 1.807) is 6.07 Å². The van der Waals surface area contributed by atoms with Crippen LogP contribution in [0.3, 0.4) is 0 Å². The summed E-state index contributed by atoms with van der Waals surface area (Å²) in [6, 6.07) is 1.60. The van der Waals surface area contributed by atoms with Crippen molar-refractivity contribution < 1.29 is 13.9 Å². The third-order valence-corrected chi connectivity index (χ3v) is 1.91. The molecule has 0 radical (unpaired) electrons. The first-order chi connectivity index (χ1) is 6.36. The first-order valence-electron chi connectivity index (χ1n) is 4.23. The van der Waals surface area contributed by atoms with Gasteiger partial charge in [0.1, 0.15) is 6.26 Å². The second kappa shape index (κ2) is 3.47. The average molecular weight is 178 g/mol. The van der Waals surface area contributed by atoms with Gasteiger partial charge in [-0.15, -0.1) is 0 Å². The van der Waals surface area contributed by atoms with E-state index in [0.29, 0.717) is 12.2 Å². The van der Waals surface area contributed by atoms with Crippen LogP contribution in [-0.2, 0) is 4.74 Å². The minimum absolute atomic E-state index is 0.310. The fourth-order valence-corrected chi connectivity index (χ4v) is 1.02. The standard InChI is InChI=1S/C10H10O3/c11-10(9-4-5-12-7-9)13-6-3-8-1-2-8/h1,4-5,7H,2-3,6H2. The van der Waals surface area contributed by atoms with Crippen LogP contribution in [0.15, 0.2) is 34.7 Å². The maximum absolute atomic E-state index is 11.2. The molecule has 0 aliphatic heterocycles. The molecule has 0 N–H and O–H groups in total. The van der Waals surface area contributed by atoms with Gasteiger partial charge in [-0.25, -0.2) is 4.79 Å². The fourth-order valence-electron chi connectivity index (χ4n) is 1.02. The number of furan rings is 1. The molecule has 0 saturated carbocycles. The van der Waals surface area contributed by atoms with Gasteiger partial charge in [-0.3, -0.25) is 0 Å². The van der Waals surface area contributed by atoms with Crippen molar-refractivity contribution in [3.8, 4) is 0 Å². The topological polar surface area (TPSA) is 39.4 Å². The first-order valence-corrected chi connectivity index (χ1v) is 4.23. The second-order valence-corrected chi connectivity index (χ2v) is 2.96. The van der Waals surface area contributed by atoms with Crippen molar-refractivity contribution in [1.82, 2.24) is 0 Å². The molecular weight excluding hydrogens is 168 g/mol. The van der Waals surface area contributed by atoms with Gasteiger partial charge in [0.25, 0.3) is 0 Å². The SMILES string of the molecule is O=C(OCCC1=CC1)c1ccoc1. The Morgan fingerprint density at radius 2 is 2.46 bits per heavy atom. The van der Waals surface area contributed by atoms with Crippen molar-refractivity contribution >= 4 is 5.97 Å².